The first-order chi connectivity index (χ1) is 13.2. The maximum Gasteiger partial charge on any atom is 0.255 e. The third-order valence-electron chi connectivity index (χ3n) is 4.56. The molecule has 1 amide bonds. The number of benzene rings is 1. The highest BCUT2D eigenvalue weighted by Crippen LogP contribution is 2.25. The van der Waals surface area contributed by atoms with Crippen molar-refractivity contribution in [3.63, 3.8) is 0 Å². The highest BCUT2D eigenvalue weighted by atomic mass is 32.1. The van der Waals surface area contributed by atoms with E-state index < -0.39 is 0 Å². The number of anilines is 1. The number of aryl methyl sites for hydroxylation is 1. The lowest BCUT2D eigenvalue weighted by Gasteiger charge is -2.21. The van der Waals surface area contributed by atoms with Gasteiger partial charge in [0.25, 0.3) is 5.91 Å². The Labute approximate surface area is 161 Å². The van der Waals surface area contributed by atoms with E-state index in [0.29, 0.717) is 24.0 Å². The molecule has 2 aromatic heterocycles. The smallest absolute Gasteiger partial charge is 0.255 e. The van der Waals surface area contributed by atoms with E-state index in [-0.39, 0.29) is 5.91 Å². The van der Waals surface area contributed by atoms with Gasteiger partial charge in [0.15, 0.2) is 0 Å². The van der Waals surface area contributed by atoms with Crippen LogP contribution in [0, 0.1) is 12.8 Å². The molecule has 7 heteroatoms. The van der Waals surface area contributed by atoms with E-state index in [1.807, 2.05) is 25.1 Å². The highest BCUT2D eigenvalue weighted by molar-refractivity contribution is 7.18. The second-order valence-corrected chi connectivity index (χ2v) is 7.85. The lowest BCUT2D eigenvalue weighted by Crippen LogP contribution is -2.21. The minimum Gasteiger partial charge on any atom is -0.477 e. The second kappa shape index (κ2) is 8.02. The molecule has 0 radical (unpaired) electrons. The third-order valence-corrected chi connectivity index (χ3v) is 5.51. The molecule has 1 aliphatic rings. The maximum absolute atomic E-state index is 12.6. The van der Waals surface area contributed by atoms with Crippen molar-refractivity contribution in [3.8, 4) is 5.88 Å². The van der Waals surface area contributed by atoms with Crippen LogP contribution in [-0.4, -0.2) is 35.7 Å². The standard InChI is InChI=1S/C20H21N3O3S/c1-13-22-17-11-16(2-3-18(17)27-13)23-20(24)15-4-7-21-19(10-15)26-12-14-5-8-25-9-6-14/h2-4,7,10-11,14H,5-6,8-9,12H2,1H3,(H,23,24). The van der Waals surface area contributed by atoms with Gasteiger partial charge >= 0.3 is 0 Å². The van der Waals surface area contributed by atoms with E-state index in [1.54, 1.807) is 29.7 Å². The third kappa shape index (κ3) is 4.43. The largest absolute Gasteiger partial charge is 0.477 e. The Balaban J connectivity index is 1.41. The molecule has 3 heterocycles. The molecule has 0 saturated carbocycles. The van der Waals surface area contributed by atoms with Crippen LogP contribution in [0.2, 0.25) is 0 Å². The Morgan fingerprint density at radius 1 is 1.30 bits per heavy atom. The van der Waals surface area contributed by atoms with Crippen LogP contribution >= 0.6 is 11.3 Å². The fourth-order valence-electron chi connectivity index (χ4n) is 3.07. The summed E-state index contributed by atoms with van der Waals surface area (Å²) in [7, 11) is 0. The fraction of sp³-hybridized carbons (Fsp3) is 0.350. The topological polar surface area (TPSA) is 73.3 Å². The van der Waals surface area contributed by atoms with Gasteiger partial charge in [0.2, 0.25) is 5.88 Å². The summed E-state index contributed by atoms with van der Waals surface area (Å²) in [6, 6.07) is 9.12. The van der Waals surface area contributed by atoms with Gasteiger partial charge in [-0.1, -0.05) is 0 Å². The molecule has 1 saturated heterocycles. The lowest BCUT2D eigenvalue weighted by molar-refractivity contribution is 0.0490. The highest BCUT2D eigenvalue weighted by Gasteiger charge is 2.15. The SMILES string of the molecule is Cc1nc2cc(NC(=O)c3ccnc(OCC4CCOCC4)c3)ccc2s1. The summed E-state index contributed by atoms with van der Waals surface area (Å²) in [6.45, 7) is 4.14. The molecule has 0 atom stereocenters. The summed E-state index contributed by atoms with van der Waals surface area (Å²) in [6.07, 6.45) is 3.60. The van der Waals surface area contributed by atoms with Crippen LogP contribution < -0.4 is 10.1 Å². The molecule has 1 aromatic carbocycles. The van der Waals surface area contributed by atoms with Gasteiger partial charge in [-0.3, -0.25) is 4.79 Å². The molecule has 0 spiro atoms. The maximum atomic E-state index is 12.6. The predicted molar refractivity (Wildman–Crippen MR) is 106 cm³/mol. The van der Waals surface area contributed by atoms with Crippen molar-refractivity contribution >= 4 is 33.1 Å². The number of aromatic nitrogens is 2. The van der Waals surface area contributed by atoms with Crippen molar-refractivity contribution in [2.24, 2.45) is 5.92 Å². The Bertz CT molecular complexity index is 951. The summed E-state index contributed by atoms with van der Waals surface area (Å²) in [5.74, 6) is 0.755. The normalized spacial score (nSPS) is 15.0. The summed E-state index contributed by atoms with van der Waals surface area (Å²) < 4.78 is 12.3. The minimum absolute atomic E-state index is 0.195. The Morgan fingerprint density at radius 3 is 3.00 bits per heavy atom. The number of hydrogen-bond acceptors (Lipinski definition) is 6. The summed E-state index contributed by atoms with van der Waals surface area (Å²) in [5.41, 5.74) is 2.13. The van der Waals surface area contributed by atoms with Crippen molar-refractivity contribution in [1.29, 1.82) is 0 Å². The number of nitrogens with one attached hydrogen (secondary N) is 1. The second-order valence-electron chi connectivity index (χ2n) is 6.62. The first-order valence-electron chi connectivity index (χ1n) is 9.02. The van der Waals surface area contributed by atoms with E-state index in [9.17, 15) is 4.79 Å². The molecular formula is C20H21N3O3S. The Kier molecular flexibility index (Phi) is 5.31. The van der Waals surface area contributed by atoms with Gasteiger partial charge in [0.05, 0.1) is 21.8 Å². The van der Waals surface area contributed by atoms with Gasteiger partial charge in [-0.2, -0.15) is 0 Å². The zero-order valence-electron chi connectivity index (χ0n) is 15.1. The lowest BCUT2D eigenvalue weighted by atomic mass is 10.0. The van der Waals surface area contributed by atoms with E-state index >= 15 is 0 Å². The molecule has 0 unspecified atom stereocenters. The zero-order valence-corrected chi connectivity index (χ0v) is 15.9. The van der Waals surface area contributed by atoms with Gasteiger partial charge in [-0.05, 0) is 49.9 Å². The molecule has 6 nitrogen and oxygen atoms in total. The number of nitrogens with zero attached hydrogens (tertiary/aromatic N) is 2. The van der Waals surface area contributed by atoms with Crippen molar-refractivity contribution in [3.05, 3.63) is 47.1 Å². The summed E-state index contributed by atoms with van der Waals surface area (Å²) in [5, 5.41) is 3.93. The number of hydrogen-bond donors (Lipinski definition) is 1. The van der Waals surface area contributed by atoms with Crippen LogP contribution in [-0.2, 0) is 4.74 Å². The van der Waals surface area contributed by atoms with E-state index in [4.69, 9.17) is 9.47 Å². The van der Waals surface area contributed by atoms with E-state index in [0.717, 1.165) is 47.0 Å². The number of carbonyl (C=O) groups is 1. The first-order valence-corrected chi connectivity index (χ1v) is 9.84. The molecule has 140 valence electrons. The van der Waals surface area contributed by atoms with Gasteiger partial charge in [0.1, 0.15) is 0 Å². The molecule has 27 heavy (non-hydrogen) atoms. The number of rotatable bonds is 5. The zero-order chi connectivity index (χ0) is 18.6. The molecule has 0 bridgehead atoms. The van der Waals surface area contributed by atoms with Gasteiger partial charge < -0.3 is 14.8 Å². The molecular weight excluding hydrogens is 362 g/mol. The molecule has 4 rings (SSSR count). The molecule has 1 N–H and O–H groups in total. The molecule has 3 aromatic rings. The van der Waals surface area contributed by atoms with Crippen LogP contribution in [0.15, 0.2) is 36.5 Å². The number of fused-ring (bicyclic) bond motifs is 1. The molecule has 1 aliphatic heterocycles. The number of amides is 1. The fourth-order valence-corrected chi connectivity index (χ4v) is 3.88. The van der Waals surface area contributed by atoms with Crippen LogP contribution in [0.4, 0.5) is 5.69 Å². The number of thiazole rings is 1. The quantitative estimate of drug-likeness (QED) is 0.719. The van der Waals surface area contributed by atoms with Crippen LogP contribution in [0.25, 0.3) is 10.2 Å². The van der Waals surface area contributed by atoms with Crippen molar-refractivity contribution in [1.82, 2.24) is 9.97 Å². The first kappa shape index (κ1) is 17.9. The van der Waals surface area contributed by atoms with Crippen molar-refractivity contribution in [2.45, 2.75) is 19.8 Å². The van der Waals surface area contributed by atoms with Gasteiger partial charge in [-0.15, -0.1) is 11.3 Å². The van der Waals surface area contributed by atoms with Crippen LogP contribution in [0.1, 0.15) is 28.2 Å². The molecule has 1 fully saturated rings. The Morgan fingerprint density at radius 2 is 2.15 bits per heavy atom. The van der Waals surface area contributed by atoms with Gasteiger partial charge in [0, 0.05) is 36.7 Å². The monoisotopic (exact) mass is 383 g/mol. The van der Waals surface area contributed by atoms with E-state index in [1.165, 1.54) is 0 Å². The number of ether oxygens (including phenoxy) is 2. The number of carbonyl (C=O) groups excluding carboxylic acids is 1. The van der Waals surface area contributed by atoms with Crippen molar-refractivity contribution in [2.75, 3.05) is 25.1 Å². The number of pyridine rings is 1. The Hall–Kier alpha value is -2.51. The van der Waals surface area contributed by atoms with Gasteiger partial charge in [-0.25, -0.2) is 9.97 Å². The average molecular weight is 383 g/mol. The predicted octanol–water partition coefficient (Wildman–Crippen LogP) is 4.06. The molecule has 0 aliphatic carbocycles. The summed E-state index contributed by atoms with van der Waals surface area (Å²) >= 11 is 1.64. The van der Waals surface area contributed by atoms with Crippen molar-refractivity contribution < 1.29 is 14.3 Å². The van der Waals surface area contributed by atoms with Crippen LogP contribution in [0.3, 0.4) is 0 Å². The average Bonchev–Trinajstić information content (AvgIpc) is 3.07. The van der Waals surface area contributed by atoms with E-state index in [2.05, 4.69) is 15.3 Å². The summed E-state index contributed by atoms with van der Waals surface area (Å²) in [4.78, 5) is 21.3. The van der Waals surface area contributed by atoms with Crippen LogP contribution in [0.5, 0.6) is 5.88 Å². The minimum atomic E-state index is -0.195.